The predicted octanol–water partition coefficient (Wildman–Crippen LogP) is 2.29. The highest BCUT2D eigenvalue weighted by atomic mass is 35.5. The van der Waals surface area contributed by atoms with E-state index in [0.717, 1.165) is 31.8 Å². The van der Waals surface area contributed by atoms with Gasteiger partial charge in [0.1, 0.15) is 5.75 Å². The quantitative estimate of drug-likeness (QED) is 0.907. The average molecular weight is 313 g/mol. The number of likely N-dealkylation sites (tertiary alicyclic amines) is 1. The van der Waals surface area contributed by atoms with E-state index in [9.17, 15) is 4.79 Å². The van der Waals surface area contributed by atoms with Crippen LogP contribution in [0.25, 0.3) is 0 Å². The van der Waals surface area contributed by atoms with Crippen molar-refractivity contribution in [3.63, 3.8) is 0 Å². The van der Waals surface area contributed by atoms with Crippen LogP contribution in [-0.2, 0) is 4.79 Å². The predicted molar refractivity (Wildman–Crippen MR) is 87.3 cm³/mol. The standard InChI is InChI=1S/C16H24N2O2.ClH/c1-12(10-17-2)16(19)18-9-8-14(11-18)13-4-6-15(20-3)7-5-13;/h4-7,12,14,17H,8-11H2,1-3H3;1H. The molecule has 1 aromatic rings. The SMILES string of the molecule is CNCC(C)C(=O)N1CCC(c2ccc(OC)cc2)C1.Cl. The number of nitrogens with one attached hydrogen (secondary N) is 1. The Hall–Kier alpha value is -1.26. The van der Waals surface area contributed by atoms with Gasteiger partial charge in [0.2, 0.25) is 5.91 Å². The van der Waals surface area contributed by atoms with Gasteiger partial charge in [-0.25, -0.2) is 0 Å². The third kappa shape index (κ3) is 4.35. The van der Waals surface area contributed by atoms with Crippen LogP contribution in [0.5, 0.6) is 5.75 Å². The van der Waals surface area contributed by atoms with Crippen LogP contribution >= 0.6 is 12.4 Å². The maximum absolute atomic E-state index is 12.3. The van der Waals surface area contributed by atoms with Gasteiger partial charge in [-0.1, -0.05) is 19.1 Å². The van der Waals surface area contributed by atoms with E-state index < -0.39 is 0 Å². The number of hydrogen-bond donors (Lipinski definition) is 1. The van der Waals surface area contributed by atoms with Gasteiger partial charge in [-0.3, -0.25) is 4.79 Å². The first-order valence-corrected chi connectivity index (χ1v) is 7.23. The molecule has 0 radical (unpaired) electrons. The molecule has 1 aliphatic rings. The summed E-state index contributed by atoms with van der Waals surface area (Å²) in [4.78, 5) is 14.3. The molecule has 0 saturated carbocycles. The maximum atomic E-state index is 12.3. The Morgan fingerprint density at radius 3 is 2.67 bits per heavy atom. The smallest absolute Gasteiger partial charge is 0.226 e. The molecular formula is C16H25ClN2O2. The van der Waals surface area contributed by atoms with E-state index in [-0.39, 0.29) is 24.2 Å². The minimum Gasteiger partial charge on any atom is -0.497 e. The maximum Gasteiger partial charge on any atom is 0.226 e. The first kappa shape index (κ1) is 17.8. The van der Waals surface area contributed by atoms with Crippen molar-refractivity contribution in [1.82, 2.24) is 10.2 Å². The molecule has 1 N–H and O–H groups in total. The summed E-state index contributed by atoms with van der Waals surface area (Å²) in [6.07, 6.45) is 1.05. The Morgan fingerprint density at radius 1 is 1.43 bits per heavy atom. The van der Waals surface area contributed by atoms with E-state index in [0.29, 0.717) is 5.92 Å². The second-order valence-corrected chi connectivity index (χ2v) is 5.50. The molecule has 21 heavy (non-hydrogen) atoms. The number of methoxy groups -OCH3 is 1. The average Bonchev–Trinajstić information content (AvgIpc) is 2.96. The van der Waals surface area contributed by atoms with Crippen molar-refractivity contribution >= 4 is 18.3 Å². The minimum absolute atomic E-state index is 0. The van der Waals surface area contributed by atoms with Gasteiger partial charge in [0.15, 0.2) is 0 Å². The van der Waals surface area contributed by atoms with Crippen molar-refractivity contribution in [1.29, 1.82) is 0 Å². The zero-order valence-corrected chi connectivity index (χ0v) is 13.8. The van der Waals surface area contributed by atoms with E-state index >= 15 is 0 Å². The van der Waals surface area contributed by atoms with Gasteiger partial charge < -0.3 is 15.0 Å². The van der Waals surface area contributed by atoms with Crippen molar-refractivity contribution in [2.45, 2.75) is 19.3 Å². The normalized spacial score (nSPS) is 19.0. The number of hydrogen-bond acceptors (Lipinski definition) is 3. The van der Waals surface area contributed by atoms with Crippen LogP contribution in [0.15, 0.2) is 24.3 Å². The molecule has 1 amide bonds. The van der Waals surface area contributed by atoms with Crippen molar-refractivity contribution < 1.29 is 9.53 Å². The van der Waals surface area contributed by atoms with Gasteiger partial charge in [0.25, 0.3) is 0 Å². The third-order valence-corrected chi connectivity index (χ3v) is 4.02. The first-order valence-electron chi connectivity index (χ1n) is 7.23. The molecular weight excluding hydrogens is 288 g/mol. The van der Waals surface area contributed by atoms with Crippen molar-refractivity contribution in [3.8, 4) is 5.75 Å². The summed E-state index contributed by atoms with van der Waals surface area (Å²) in [7, 11) is 3.56. The Morgan fingerprint density at radius 2 is 2.10 bits per heavy atom. The van der Waals surface area contributed by atoms with Crippen molar-refractivity contribution in [2.75, 3.05) is 33.8 Å². The number of benzene rings is 1. The highest BCUT2D eigenvalue weighted by molar-refractivity contribution is 5.85. The Labute approximate surface area is 133 Å². The van der Waals surface area contributed by atoms with Crippen molar-refractivity contribution in [3.05, 3.63) is 29.8 Å². The molecule has 1 aromatic carbocycles. The van der Waals surface area contributed by atoms with Gasteiger partial charge in [0.05, 0.1) is 7.11 Å². The van der Waals surface area contributed by atoms with Crippen LogP contribution in [0, 0.1) is 5.92 Å². The number of halogens is 1. The summed E-state index contributed by atoms with van der Waals surface area (Å²) in [5.41, 5.74) is 1.29. The van der Waals surface area contributed by atoms with E-state index in [1.165, 1.54) is 5.56 Å². The van der Waals surface area contributed by atoms with Crippen LogP contribution in [0.3, 0.4) is 0 Å². The van der Waals surface area contributed by atoms with Gasteiger partial charge in [0, 0.05) is 31.5 Å². The summed E-state index contributed by atoms with van der Waals surface area (Å²) >= 11 is 0. The van der Waals surface area contributed by atoms with Crippen LogP contribution < -0.4 is 10.1 Å². The van der Waals surface area contributed by atoms with Gasteiger partial charge in [-0.05, 0) is 31.2 Å². The molecule has 2 unspecified atom stereocenters. The van der Waals surface area contributed by atoms with Crippen LogP contribution in [-0.4, -0.2) is 44.6 Å². The lowest BCUT2D eigenvalue weighted by molar-refractivity contribution is -0.133. The highest BCUT2D eigenvalue weighted by Crippen LogP contribution is 2.29. The lowest BCUT2D eigenvalue weighted by atomic mass is 9.98. The van der Waals surface area contributed by atoms with Crippen LogP contribution in [0.1, 0.15) is 24.8 Å². The van der Waals surface area contributed by atoms with E-state index in [2.05, 4.69) is 17.4 Å². The third-order valence-electron chi connectivity index (χ3n) is 4.02. The fraction of sp³-hybridized carbons (Fsp3) is 0.562. The molecule has 2 rings (SSSR count). The topological polar surface area (TPSA) is 41.6 Å². The number of carbonyl (C=O) groups excluding carboxylic acids is 1. The molecule has 1 aliphatic heterocycles. The molecule has 0 bridgehead atoms. The summed E-state index contributed by atoms with van der Waals surface area (Å²) in [5, 5.41) is 3.07. The highest BCUT2D eigenvalue weighted by Gasteiger charge is 2.29. The largest absolute Gasteiger partial charge is 0.497 e. The lowest BCUT2D eigenvalue weighted by Crippen LogP contribution is -2.37. The van der Waals surface area contributed by atoms with Gasteiger partial charge >= 0.3 is 0 Å². The molecule has 5 heteroatoms. The molecule has 2 atom stereocenters. The minimum atomic E-state index is 0. The van der Waals surface area contributed by atoms with Crippen LogP contribution in [0.4, 0.5) is 0 Å². The van der Waals surface area contributed by atoms with E-state index in [1.54, 1.807) is 7.11 Å². The summed E-state index contributed by atoms with van der Waals surface area (Å²) < 4.78 is 5.18. The van der Waals surface area contributed by atoms with Gasteiger partial charge in [-0.2, -0.15) is 0 Å². The second-order valence-electron chi connectivity index (χ2n) is 5.50. The fourth-order valence-electron chi connectivity index (χ4n) is 2.81. The summed E-state index contributed by atoms with van der Waals surface area (Å²) in [5.74, 6) is 1.64. The number of nitrogens with zero attached hydrogens (tertiary/aromatic N) is 1. The summed E-state index contributed by atoms with van der Waals surface area (Å²) in [6.45, 7) is 4.42. The number of rotatable bonds is 5. The van der Waals surface area contributed by atoms with Gasteiger partial charge in [-0.15, -0.1) is 12.4 Å². The molecule has 0 aliphatic carbocycles. The Bertz CT molecular complexity index is 450. The Balaban J connectivity index is 0.00000220. The van der Waals surface area contributed by atoms with Crippen molar-refractivity contribution in [2.24, 2.45) is 5.92 Å². The second kappa shape index (κ2) is 8.25. The molecule has 1 fully saturated rings. The fourth-order valence-corrected chi connectivity index (χ4v) is 2.81. The molecule has 1 heterocycles. The zero-order chi connectivity index (χ0) is 14.5. The number of carbonyl (C=O) groups is 1. The number of ether oxygens (including phenoxy) is 1. The molecule has 4 nitrogen and oxygen atoms in total. The lowest BCUT2D eigenvalue weighted by Gasteiger charge is -2.21. The number of amides is 1. The molecule has 0 aromatic heterocycles. The van der Waals surface area contributed by atoms with Crippen LogP contribution in [0.2, 0.25) is 0 Å². The molecule has 118 valence electrons. The first-order chi connectivity index (χ1) is 9.65. The van der Waals surface area contributed by atoms with E-state index in [4.69, 9.17) is 4.74 Å². The summed E-state index contributed by atoms with van der Waals surface area (Å²) in [6, 6.07) is 8.19. The molecule has 1 saturated heterocycles. The Kier molecular flexibility index (Phi) is 6.99. The zero-order valence-electron chi connectivity index (χ0n) is 13.0. The van der Waals surface area contributed by atoms with E-state index in [1.807, 2.05) is 31.0 Å². The monoisotopic (exact) mass is 312 g/mol. The molecule has 0 spiro atoms.